The van der Waals surface area contributed by atoms with Crippen LogP contribution in [0.15, 0.2) is 67.0 Å². The van der Waals surface area contributed by atoms with Crippen LogP contribution in [0.3, 0.4) is 0 Å². The molecule has 1 fully saturated rings. The third-order valence-electron chi connectivity index (χ3n) is 4.48. The van der Waals surface area contributed by atoms with Gasteiger partial charge in [-0.15, -0.1) is 0 Å². The van der Waals surface area contributed by atoms with Crippen molar-refractivity contribution >= 4 is 11.4 Å². The normalized spacial score (nSPS) is 14.8. The largest absolute Gasteiger partial charge is 0.508 e. The molecule has 0 atom stereocenters. The van der Waals surface area contributed by atoms with Crippen molar-refractivity contribution in [3.63, 3.8) is 0 Å². The van der Waals surface area contributed by atoms with Gasteiger partial charge in [-0.05, 0) is 54.6 Å². The maximum absolute atomic E-state index is 9.40. The van der Waals surface area contributed by atoms with Crippen molar-refractivity contribution in [3.8, 4) is 11.4 Å². The molecule has 5 heteroatoms. The molecule has 4 rings (SSSR count). The van der Waals surface area contributed by atoms with Gasteiger partial charge in [-0.3, -0.25) is 0 Å². The molecule has 0 aliphatic carbocycles. The summed E-state index contributed by atoms with van der Waals surface area (Å²) in [6.45, 7) is 3.93. The minimum atomic E-state index is 0.314. The van der Waals surface area contributed by atoms with Crippen molar-refractivity contribution in [2.75, 3.05) is 36.0 Å². The van der Waals surface area contributed by atoms with Crippen LogP contribution in [0.25, 0.3) is 5.69 Å². The van der Waals surface area contributed by atoms with E-state index in [1.54, 1.807) is 18.3 Å². The molecule has 0 unspecified atom stereocenters. The zero-order valence-electron chi connectivity index (χ0n) is 13.4. The van der Waals surface area contributed by atoms with Crippen molar-refractivity contribution in [3.05, 3.63) is 67.0 Å². The van der Waals surface area contributed by atoms with Gasteiger partial charge in [0.25, 0.3) is 0 Å². The zero-order valence-corrected chi connectivity index (χ0v) is 13.4. The molecular formula is C19H20N4O. The lowest BCUT2D eigenvalue weighted by atomic mass is 10.2. The SMILES string of the molecule is Oc1ccc(N2CCN(c3ccc(-n4cccn4)cc3)CC2)cc1. The van der Waals surface area contributed by atoms with Gasteiger partial charge in [-0.25, -0.2) is 4.68 Å². The highest BCUT2D eigenvalue weighted by Crippen LogP contribution is 2.23. The Bertz CT molecular complexity index is 773. The minimum absolute atomic E-state index is 0.314. The molecule has 1 aromatic heterocycles. The van der Waals surface area contributed by atoms with Crippen LogP contribution < -0.4 is 9.80 Å². The average Bonchev–Trinajstić information content (AvgIpc) is 3.17. The Balaban J connectivity index is 1.41. The summed E-state index contributed by atoms with van der Waals surface area (Å²) in [7, 11) is 0. The first-order chi connectivity index (χ1) is 11.8. The molecule has 0 radical (unpaired) electrons. The van der Waals surface area contributed by atoms with E-state index in [0.29, 0.717) is 5.75 Å². The minimum Gasteiger partial charge on any atom is -0.508 e. The molecule has 24 heavy (non-hydrogen) atoms. The molecule has 1 aliphatic rings. The van der Waals surface area contributed by atoms with Gasteiger partial charge in [-0.2, -0.15) is 5.10 Å². The second-order valence-electron chi connectivity index (χ2n) is 5.96. The molecule has 5 nitrogen and oxygen atoms in total. The molecule has 2 heterocycles. The van der Waals surface area contributed by atoms with Gasteiger partial charge in [0.1, 0.15) is 5.75 Å². The van der Waals surface area contributed by atoms with E-state index in [1.807, 2.05) is 29.1 Å². The number of aromatic nitrogens is 2. The first kappa shape index (κ1) is 14.6. The van der Waals surface area contributed by atoms with Crippen molar-refractivity contribution in [2.24, 2.45) is 0 Å². The summed E-state index contributed by atoms with van der Waals surface area (Å²) < 4.78 is 1.87. The lowest BCUT2D eigenvalue weighted by molar-refractivity contribution is 0.475. The smallest absolute Gasteiger partial charge is 0.115 e. The van der Waals surface area contributed by atoms with Crippen molar-refractivity contribution in [1.29, 1.82) is 0 Å². The van der Waals surface area contributed by atoms with Gasteiger partial charge in [0.15, 0.2) is 0 Å². The number of nitrogens with zero attached hydrogens (tertiary/aromatic N) is 4. The Morgan fingerprint density at radius 2 is 1.21 bits per heavy atom. The molecule has 0 bridgehead atoms. The molecule has 2 aromatic carbocycles. The number of rotatable bonds is 3. The topological polar surface area (TPSA) is 44.5 Å². The first-order valence-electron chi connectivity index (χ1n) is 8.19. The van der Waals surface area contributed by atoms with Crippen LogP contribution in [-0.2, 0) is 0 Å². The molecular weight excluding hydrogens is 300 g/mol. The van der Waals surface area contributed by atoms with Gasteiger partial charge in [0, 0.05) is 49.9 Å². The molecule has 0 saturated carbocycles. The van der Waals surface area contributed by atoms with Crippen LogP contribution in [0.4, 0.5) is 11.4 Å². The zero-order chi connectivity index (χ0) is 16.4. The van der Waals surface area contributed by atoms with Crippen molar-refractivity contribution in [2.45, 2.75) is 0 Å². The monoisotopic (exact) mass is 320 g/mol. The predicted octanol–water partition coefficient (Wildman–Crippen LogP) is 2.90. The van der Waals surface area contributed by atoms with Gasteiger partial charge < -0.3 is 14.9 Å². The van der Waals surface area contributed by atoms with E-state index in [2.05, 4.69) is 39.2 Å². The molecule has 1 N–H and O–H groups in total. The van der Waals surface area contributed by atoms with Crippen molar-refractivity contribution < 1.29 is 5.11 Å². The summed E-state index contributed by atoms with van der Waals surface area (Å²) in [5.74, 6) is 0.314. The van der Waals surface area contributed by atoms with Crippen LogP contribution in [0.1, 0.15) is 0 Å². The number of benzene rings is 2. The Hall–Kier alpha value is -2.95. The standard InChI is InChI=1S/C19H20N4O/c24-19-8-6-17(7-9-19)22-14-12-21(13-15-22)16-2-4-18(5-3-16)23-11-1-10-20-23/h1-11,24H,12-15H2. The van der Waals surface area contributed by atoms with Crippen molar-refractivity contribution in [1.82, 2.24) is 9.78 Å². The van der Waals surface area contributed by atoms with Crippen LogP contribution >= 0.6 is 0 Å². The fraction of sp³-hybridized carbons (Fsp3) is 0.211. The number of piperazine rings is 1. The summed E-state index contributed by atoms with van der Waals surface area (Å²) in [5, 5.41) is 13.7. The average molecular weight is 320 g/mol. The molecule has 0 spiro atoms. The lowest BCUT2D eigenvalue weighted by Gasteiger charge is -2.37. The summed E-state index contributed by atoms with van der Waals surface area (Å²) in [5.41, 5.74) is 3.49. The van der Waals surface area contributed by atoms with Crippen LogP contribution in [-0.4, -0.2) is 41.1 Å². The van der Waals surface area contributed by atoms with Crippen LogP contribution in [0, 0.1) is 0 Å². The van der Waals surface area contributed by atoms with E-state index in [4.69, 9.17) is 0 Å². The van der Waals surface area contributed by atoms with E-state index in [9.17, 15) is 5.11 Å². The number of hydrogen-bond donors (Lipinski definition) is 1. The highest BCUT2D eigenvalue weighted by molar-refractivity contribution is 5.54. The maximum atomic E-state index is 9.40. The van der Waals surface area contributed by atoms with Gasteiger partial charge in [0.05, 0.1) is 5.69 Å². The number of phenols is 1. The molecule has 122 valence electrons. The van der Waals surface area contributed by atoms with E-state index in [-0.39, 0.29) is 0 Å². The summed E-state index contributed by atoms with van der Waals surface area (Å²) in [6, 6.07) is 17.9. The Morgan fingerprint density at radius 1 is 0.708 bits per heavy atom. The van der Waals surface area contributed by atoms with Gasteiger partial charge in [0.2, 0.25) is 0 Å². The highest BCUT2D eigenvalue weighted by atomic mass is 16.3. The summed E-state index contributed by atoms with van der Waals surface area (Å²) >= 11 is 0. The first-order valence-corrected chi connectivity index (χ1v) is 8.19. The predicted molar refractivity (Wildman–Crippen MR) is 96.1 cm³/mol. The molecule has 0 amide bonds. The molecule has 3 aromatic rings. The van der Waals surface area contributed by atoms with Crippen LogP contribution in [0.2, 0.25) is 0 Å². The van der Waals surface area contributed by atoms with Crippen LogP contribution in [0.5, 0.6) is 5.75 Å². The molecule has 1 aliphatic heterocycles. The third-order valence-corrected chi connectivity index (χ3v) is 4.48. The Kier molecular flexibility index (Phi) is 3.83. The Labute approximate surface area is 141 Å². The maximum Gasteiger partial charge on any atom is 0.115 e. The number of phenolic OH excluding ortho intramolecular Hbond substituents is 1. The fourth-order valence-electron chi connectivity index (χ4n) is 3.12. The number of aromatic hydroxyl groups is 1. The second kappa shape index (κ2) is 6.28. The lowest BCUT2D eigenvalue weighted by Crippen LogP contribution is -2.46. The number of hydrogen-bond acceptors (Lipinski definition) is 4. The van der Waals surface area contributed by atoms with Gasteiger partial charge in [-0.1, -0.05) is 0 Å². The van der Waals surface area contributed by atoms with E-state index < -0.39 is 0 Å². The van der Waals surface area contributed by atoms with E-state index in [1.165, 1.54) is 11.4 Å². The number of anilines is 2. The third kappa shape index (κ3) is 2.93. The van der Waals surface area contributed by atoms with Gasteiger partial charge >= 0.3 is 0 Å². The van der Waals surface area contributed by atoms with E-state index >= 15 is 0 Å². The Morgan fingerprint density at radius 3 is 1.71 bits per heavy atom. The quantitative estimate of drug-likeness (QED) is 0.806. The van der Waals surface area contributed by atoms with E-state index in [0.717, 1.165) is 31.9 Å². The highest BCUT2D eigenvalue weighted by Gasteiger charge is 2.17. The molecule has 1 saturated heterocycles. The summed E-state index contributed by atoms with van der Waals surface area (Å²) in [4.78, 5) is 4.76. The second-order valence-corrected chi connectivity index (χ2v) is 5.96. The fourth-order valence-corrected chi connectivity index (χ4v) is 3.12. The summed E-state index contributed by atoms with van der Waals surface area (Å²) in [6.07, 6.45) is 3.74.